The molecule has 1 rings (SSSR count). The van der Waals surface area contributed by atoms with Crippen LogP contribution in [0.5, 0.6) is 0 Å². The first-order valence-corrected chi connectivity index (χ1v) is 4.85. The lowest BCUT2D eigenvalue weighted by Crippen LogP contribution is -2.33. The summed E-state index contributed by atoms with van der Waals surface area (Å²) in [5.74, 6) is 1.45. The molecular weight excluding hydrogens is 166 g/mol. The van der Waals surface area contributed by atoms with Gasteiger partial charge in [-0.1, -0.05) is 6.92 Å². The van der Waals surface area contributed by atoms with Crippen LogP contribution in [-0.4, -0.2) is 18.2 Å². The van der Waals surface area contributed by atoms with E-state index in [0.29, 0.717) is 5.92 Å². The van der Waals surface area contributed by atoms with Crippen LogP contribution in [0.15, 0.2) is 0 Å². The van der Waals surface area contributed by atoms with Crippen molar-refractivity contribution in [2.24, 2.45) is 11.8 Å². The minimum Gasteiger partial charge on any atom is -0.444 e. The molecule has 13 heavy (non-hydrogen) atoms. The molecule has 0 aromatic heterocycles. The highest BCUT2D eigenvalue weighted by Gasteiger charge is 2.32. The first-order chi connectivity index (χ1) is 5.88. The molecule has 0 spiro atoms. The quantitative estimate of drug-likeness (QED) is 0.716. The molecule has 2 unspecified atom stereocenters. The number of ether oxygens (including phenoxy) is 1. The van der Waals surface area contributed by atoms with Crippen molar-refractivity contribution >= 4 is 6.09 Å². The summed E-state index contributed by atoms with van der Waals surface area (Å²) in [6, 6.07) is 0. The van der Waals surface area contributed by atoms with Crippen molar-refractivity contribution in [2.75, 3.05) is 6.54 Å². The zero-order chi connectivity index (χ0) is 10.1. The number of carbonyl (C=O) groups excluding carboxylic acids is 1. The van der Waals surface area contributed by atoms with Gasteiger partial charge in [-0.05, 0) is 39.0 Å². The lowest BCUT2D eigenvalue weighted by atomic mass is 10.2. The van der Waals surface area contributed by atoms with E-state index < -0.39 is 0 Å². The highest BCUT2D eigenvalue weighted by Crippen LogP contribution is 2.36. The molecule has 0 radical (unpaired) electrons. The van der Waals surface area contributed by atoms with E-state index in [9.17, 15) is 4.79 Å². The van der Waals surface area contributed by atoms with Gasteiger partial charge in [0, 0.05) is 6.54 Å². The summed E-state index contributed by atoms with van der Waals surface area (Å²) in [5.41, 5.74) is -0.390. The SMILES string of the molecule is CC1CC1CNC(=O)OC(C)(C)C. The number of hydrogen-bond acceptors (Lipinski definition) is 2. The van der Waals surface area contributed by atoms with Crippen LogP contribution in [0.3, 0.4) is 0 Å². The Labute approximate surface area is 79.8 Å². The van der Waals surface area contributed by atoms with Gasteiger partial charge < -0.3 is 10.1 Å². The Morgan fingerprint density at radius 3 is 2.46 bits per heavy atom. The highest BCUT2D eigenvalue weighted by atomic mass is 16.6. The molecule has 0 aliphatic heterocycles. The fourth-order valence-corrected chi connectivity index (χ4v) is 1.21. The summed E-state index contributed by atoms with van der Waals surface area (Å²) in [4.78, 5) is 11.2. The second-order valence-corrected chi connectivity index (χ2v) is 4.86. The second kappa shape index (κ2) is 3.56. The van der Waals surface area contributed by atoms with E-state index in [1.165, 1.54) is 6.42 Å². The molecule has 1 N–H and O–H groups in total. The molecule has 0 aromatic carbocycles. The fraction of sp³-hybridized carbons (Fsp3) is 0.900. The largest absolute Gasteiger partial charge is 0.444 e. The monoisotopic (exact) mass is 185 g/mol. The summed E-state index contributed by atoms with van der Waals surface area (Å²) < 4.78 is 5.10. The Kier molecular flexibility index (Phi) is 2.84. The molecule has 0 aromatic rings. The van der Waals surface area contributed by atoms with Gasteiger partial charge in [0.1, 0.15) is 5.60 Å². The average Bonchev–Trinajstić information content (AvgIpc) is 2.58. The molecule has 3 nitrogen and oxygen atoms in total. The van der Waals surface area contributed by atoms with Gasteiger partial charge >= 0.3 is 6.09 Å². The minimum absolute atomic E-state index is 0.299. The number of rotatable bonds is 2. The van der Waals surface area contributed by atoms with Crippen molar-refractivity contribution in [3.05, 3.63) is 0 Å². The van der Waals surface area contributed by atoms with Crippen LogP contribution < -0.4 is 5.32 Å². The zero-order valence-electron chi connectivity index (χ0n) is 8.89. The van der Waals surface area contributed by atoms with Gasteiger partial charge in [0.05, 0.1) is 0 Å². The topological polar surface area (TPSA) is 38.3 Å². The van der Waals surface area contributed by atoms with Crippen LogP contribution in [0.1, 0.15) is 34.1 Å². The van der Waals surface area contributed by atoms with Gasteiger partial charge in [-0.15, -0.1) is 0 Å². The Morgan fingerprint density at radius 2 is 2.08 bits per heavy atom. The number of hydrogen-bond donors (Lipinski definition) is 1. The van der Waals surface area contributed by atoms with E-state index in [1.807, 2.05) is 20.8 Å². The third-order valence-electron chi connectivity index (χ3n) is 2.18. The van der Waals surface area contributed by atoms with Crippen LogP contribution >= 0.6 is 0 Å². The molecular formula is C10H19NO2. The Bertz CT molecular complexity index is 196. The second-order valence-electron chi connectivity index (χ2n) is 4.86. The minimum atomic E-state index is -0.390. The summed E-state index contributed by atoms with van der Waals surface area (Å²) in [5, 5.41) is 2.77. The molecule has 0 bridgehead atoms. The molecule has 0 heterocycles. The van der Waals surface area contributed by atoms with Crippen molar-refractivity contribution in [1.82, 2.24) is 5.32 Å². The van der Waals surface area contributed by atoms with Crippen LogP contribution in [0.25, 0.3) is 0 Å². The molecule has 0 saturated heterocycles. The van der Waals surface area contributed by atoms with Gasteiger partial charge in [0.15, 0.2) is 0 Å². The molecule has 3 heteroatoms. The molecule has 1 fully saturated rings. The van der Waals surface area contributed by atoms with Gasteiger partial charge in [0.2, 0.25) is 0 Å². The maximum absolute atomic E-state index is 11.2. The normalized spacial score (nSPS) is 26.8. The highest BCUT2D eigenvalue weighted by molar-refractivity contribution is 5.67. The van der Waals surface area contributed by atoms with Crippen molar-refractivity contribution in [1.29, 1.82) is 0 Å². The third kappa shape index (κ3) is 4.15. The summed E-state index contributed by atoms with van der Waals surface area (Å²) in [6.45, 7) is 8.56. The maximum Gasteiger partial charge on any atom is 0.407 e. The molecule has 1 amide bonds. The standard InChI is InChI=1S/C10H19NO2/c1-7-5-8(7)6-11-9(12)13-10(2,3)4/h7-8H,5-6H2,1-4H3,(H,11,12). The van der Waals surface area contributed by atoms with E-state index in [0.717, 1.165) is 12.5 Å². The van der Waals surface area contributed by atoms with Gasteiger partial charge in [0.25, 0.3) is 0 Å². The van der Waals surface area contributed by atoms with Crippen LogP contribution in [0.2, 0.25) is 0 Å². The van der Waals surface area contributed by atoms with E-state index >= 15 is 0 Å². The molecule has 1 aliphatic carbocycles. The first kappa shape index (κ1) is 10.4. The van der Waals surface area contributed by atoms with Crippen LogP contribution in [0, 0.1) is 11.8 Å². The lowest BCUT2D eigenvalue weighted by molar-refractivity contribution is 0.0525. The summed E-state index contributed by atoms with van der Waals surface area (Å²) in [6.07, 6.45) is 0.932. The Balaban J connectivity index is 2.11. The fourth-order valence-electron chi connectivity index (χ4n) is 1.21. The van der Waals surface area contributed by atoms with E-state index in [-0.39, 0.29) is 11.7 Å². The van der Waals surface area contributed by atoms with E-state index in [2.05, 4.69) is 12.2 Å². The van der Waals surface area contributed by atoms with Crippen molar-refractivity contribution in [3.8, 4) is 0 Å². The maximum atomic E-state index is 11.2. The molecule has 1 saturated carbocycles. The van der Waals surface area contributed by atoms with Crippen molar-refractivity contribution in [3.63, 3.8) is 0 Å². The Hall–Kier alpha value is -0.730. The average molecular weight is 185 g/mol. The van der Waals surface area contributed by atoms with E-state index in [4.69, 9.17) is 4.74 Å². The number of nitrogens with one attached hydrogen (secondary N) is 1. The van der Waals surface area contributed by atoms with Crippen molar-refractivity contribution in [2.45, 2.75) is 39.7 Å². The smallest absolute Gasteiger partial charge is 0.407 e. The molecule has 1 aliphatic rings. The Morgan fingerprint density at radius 1 is 1.54 bits per heavy atom. The lowest BCUT2D eigenvalue weighted by Gasteiger charge is -2.19. The number of amides is 1. The van der Waals surface area contributed by atoms with E-state index in [1.54, 1.807) is 0 Å². The third-order valence-corrected chi connectivity index (χ3v) is 2.18. The number of carbonyl (C=O) groups is 1. The van der Waals surface area contributed by atoms with Crippen LogP contribution in [0.4, 0.5) is 4.79 Å². The van der Waals surface area contributed by atoms with Gasteiger partial charge in [-0.25, -0.2) is 4.79 Å². The number of alkyl carbamates (subject to hydrolysis) is 1. The summed E-state index contributed by atoms with van der Waals surface area (Å²) >= 11 is 0. The summed E-state index contributed by atoms with van der Waals surface area (Å²) in [7, 11) is 0. The predicted molar refractivity (Wildman–Crippen MR) is 51.5 cm³/mol. The zero-order valence-corrected chi connectivity index (χ0v) is 8.89. The van der Waals surface area contributed by atoms with Crippen LogP contribution in [-0.2, 0) is 4.74 Å². The molecule has 2 atom stereocenters. The first-order valence-electron chi connectivity index (χ1n) is 4.85. The van der Waals surface area contributed by atoms with Gasteiger partial charge in [-0.2, -0.15) is 0 Å². The predicted octanol–water partition coefficient (Wildman–Crippen LogP) is 2.17. The van der Waals surface area contributed by atoms with Crippen molar-refractivity contribution < 1.29 is 9.53 Å². The van der Waals surface area contributed by atoms with Gasteiger partial charge in [-0.3, -0.25) is 0 Å². The molecule has 76 valence electrons.